The van der Waals surface area contributed by atoms with E-state index in [9.17, 15) is 13.6 Å². The van der Waals surface area contributed by atoms with Crippen molar-refractivity contribution in [2.45, 2.75) is 6.54 Å². The minimum atomic E-state index is -0.662. The number of anilines is 1. The Bertz CT molecular complexity index is 1360. The molecule has 8 nitrogen and oxygen atoms in total. The van der Waals surface area contributed by atoms with Crippen molar-refractivity contribution in [3.05, 3.63) is 90.6 Å². The SMILES string of the molecule is CN(C)/C=C(\C=C/C=O)c1cnc(CNc2nccn3c(-c4cc(F)cc(F)c4)cnc23)cn1. The summed E-state index contributed by atoms with van der Waals surface area (Å²) in [7, 11) is 3.75. The van der Waals surface area contributed by atoms with Crippen molar-refractivity contribution in [1.82, 2.24) is 29.2 Å². The molecule has 4 rings (SSSR count). The minimum Gasteiger partial charge on any atom is -0.383 e. The van der Waals surface area contributed by atoms with Gasteiger partial charge in [0.25, 0.3) is 0 Å². The smallest absolute Gasteiger partial charge is 0.180 e. The van der Waals surface area contributed by atoms with E-state index in [0.717, 1.165) is 11.6 Å². The highest BCUT2D eigenvalue weighted by atomic mass is 19.1. The molecule has 34 heavy (non-hydrogen) atoms. The van der Waals surface area contributed by atoms with Gasteiger partial charge in [-0.15, -0.1) is 0 Å². The molecule has 1 N–H and O–H groups in total. The Kier molecular flexibility index (Phi) is 6.67. The Balaban J connectivity index is 1.54. The fourth-order valence-electron chi connectivity index (χ4n) is 3.34. The summed E-state index contributed by atoms with van der Waals surface area (Å²) in [5.74, 6) is -0.840. The molecule has 0 bridgehead atoms. The molecular formula is C24H21F2N7O. The van der Waals surface area contributed by atoms with Crippen LogP contribution < -0.4 is 5.32 Å². The van der Waals surface area contributed by atoms with Gasteiger partial charge in [-0.3, -0.25) is 19.2 Å². The quantitative estimate of drug-likeness (QED) is 0.243. The summed E-state index contributed by atoms with van der Waals surface area (Å²) >= 11 is 0. The Labute approximate surface area is 194 Å². The number of allylic oxidation sites excluding steroid dienone is 3. The van der Waals surface area contributed by atoms with E-state index in [0.29, 0.717) is 46.9 Å². The fraction of sp³-hybridized carbons (Fsp3) is 0.125. The van der Waals surface area contributed by atoms with E-state index in [4.69, 9.17) is 0 Å². The second kappa shape index (κ2) is 9.99. The van der Waals surface area contributed by atoms with Crippen molar-refractivity contribution in [3.8, 4) is 11.3 Å². The number of carbonyl (C=O) groups excluding carboxylic acids is 1. The van der Waals surface area contributed by atoms with Gasteiger partial charge in [-0.25, -0.2) is 18.7 Å². The van der Waals surface area contributed by atoms with Gasteiger partial charge in [0, 0.05) is 49.9 Å². The zero-order chi connectivity index (χ0) is 24.1. The molecule has 0 atom stereocenters. The molecule has 0 spiro atoms. The average Bonchev–Trinajstić information content (AvgIpc) is 3.25. The van der Waals surface area contributed by atoms with Gasteiger partial charge in [0.15, 0.2) is 11.5 Å². The highest BCUT2D eigenvalue weighted by molar-refractivity contribution is 5.77. The Morgan fingerprint density at radius 1 is 1.06 bits per heavy atom. The number of nitrogens with one attached hydrogen (secondary N) is 1. The molecule has 172 valence electrons. The first-order valence-electron chi connectivity index (χ1n) is 10.3. The average molecular weight is 461 g/mol. The van der Waals surface area contributed by atoms with E-state index in [1.165, 1.54) is 24.4 Å². The van der Waals surface area contributed by atoms with Gasteiger partial charge in [-0.2, -0.15) is 0 Å². The van der Waals surface area contributed by atoms with Crippen molar-refractivity contribution in [2.24, 2.45) is 0 Å². The summed E-state index contributed by atoms with van der Waals surface area (Å²) in [5.41, 5.74) is 3.43. The van der Waals surface area contributed by atoms with Crippen LogP contribution in [0.2, 0.25) is 0 Å². The van der Waals surface area contributed by atoms with Crippen LogP contribution in [0.3, 0.4) is 0 Å². The lowest BCUT2D eigenvalue weighted by molar-refractivity contribution is -0.104. The van der Waals surface area contributed by atoms with E-state index in [2.05, 4.69) is 25.3 Å². The first kappa shape index (κ1) is 22.7. The summed E-state index contributed by atoms with van der Waals surface area (Å²) in [6.45, 7) is 0.327. The molecule has 0 amide bonds. The molecule has 0 saturated heterocycles. The van der Waals surface area contributed by atoms with E-state index in [1.54, 1.807) is 35.3 Å². The van der Waals surface area contributed by atoms with Crippen LogP contribution in [-0.2, 0) is 11.3 Å². The number of nitrogens with zero attached hydrogens (tertiary/aromatic N) is 6. The maximum absolute atomic E-state index is 13.7. The van der Waals surface area contributed by atoms with E-state index >= 15 is 0 Å². The zero-order valence-electron chi connectivity index (χ0n) is 18.5. The van der Waals surface area contributed by atoms with Crippen molar-refractivity contribution >= 4 is 23.3 Å². The molecule has 0 fully saturated rings. The van der Waals surface area contributed by atoms with Gasteiger partial charge in [0.05, 0.1) is 42.2 Å². The first-order valence-corrected chi connectivity index (χ1v) is 10.3. The summed E-state index contributed by atoms with van der Waals surface area (Å²) in [6.07, 6.45) is 13.6. The number of rotatable bonds is 8. The molecule has 0 aliphatic heterocycles. The van der Waals surface area contributed by atoms with Gasteiger partial charge in [0.2, 0.25) is 0 Å². The predicted molar refractivity (Wildman–Crippen MR) is 125 cm³/mol. The van der Waals surface area contributed by atoms with Gasteiger partial charge >= 0.3 is 0 Å². The van der Waals surface area contributed by atoms with Gasteiger partial charge < -0.3 is 10.2 Å². The van der Waals surface area contributed by atoms with Crippen molar-refractivity contribution in [2.75, 3.05) is 19.4 Å². The highest BCUT2D eigenvalue weighted by Crippen LogP contribution is 2.25. The molecule has 1 aromatic carbocycles. The number of hydrogen-bond donors (Lipinski definition) is 1. The van der Waals surface area contributed by atoms with Crippen LogP contribution in [0, 0.1) is 11.6 Å². The van der Waals surface area contributed by atoms with E-state index in [-0.39, 0.29) is 0 Å². The monoisotopic (exact) mass is 461 g/mol. The maximum atomic E-state index is 13.7. The second-order valence-corrected chi connectivity index (χ2v) is 7.56. The summed E-state index contributed by atoms with van der Waals surface area (Å²) in [4.78, 5) is 30.1. The first-order chi connectivity index (χ1) is 16.4. The summed E-state index contributed by atoms with van der Waals surface area (Å²) in [5, 5.41) is 3.18. The number of carbonyl (C=O) groups is 1. The molecule has 0 saturated carbocycles. The standard InChI is InChI=1S/C24H21F2N7O/c1-32(2)15-16(4-3-7-34)21-13-28-20(11-29-21)12-30-23-24-31-14-22(33(24)6-5-27-23)17-8-18(25)10-19(26)9-17/h3-11,13-15H,12H2,1-2H3,(H,27,30)/b4-3-,16-15+. The van der Waals surface area contributed by atoms with Crippen molar-refractivity contribution in [1.29, 1.82) is 0 Å². The number of aldehydes is 1. The van der Waals surface area contributed by atoms with Crippen LogP contribution in [-0.4, -0.2) is 49.6 Å². The lowest BCUT2D eigenvalue weighted by atomic mass is 10.1. The van der Waals surface area contributed by atoms with Crippen LogP contribution in [0.1, 0.15) is 11.4 Å². The normalized spacial score (nSPS) is 11.8. The topological polar surface area (TPSA) is 88.3 Å². The second-order valence-electron chi connectivity index (χ2n) is 7.56. The van der Waals surface area contributed by atoms with Crippen molar-refractivity contribution in [3.63, 3.8) is 0 Å². The Morgan fingerprint density at radius 2 is 1.85 bits per heavy atom. The number of fused-ring (bicyclic) bond motifs is 1. The van der Waals surface area contributed by atoms with Gasteiger partial charge in [-0.05, 0) is 24.3 Å². The third-order valence-corrected chi connectivity index (χ3v) is 4.78. The van der Waals surface area contributed by atoms with Crippen LogP contribution in [0.4, 0.5) is 14.6 Å². The molecule has 10 heteroatoms. The Morgan fingerprint density at radius 3 is 2.53 bits per heavy atom. The zero-order valence-corrected chi connectivity index (χ0v) is 18.5. The molecule has 0 radical (unpaired) electrons. The highest BCUT2D eigenvalue weighted by Gasteiger charge is 2.12. The van der Waals surface area contributed by atoms with E-state index < -0.39 is 11.6 Å². The van der Waals surface area contributed by atoms with Gasteiger partial charge in [0.1, 0.15) is 17.9 Å². The lowest BCUT2D eigenvalue weighted by Gasteiger charge is -2.10. The molecule has 0 aliphatic rings. The third kappa shape index (κ3) is 5.12. The molecule has 0 aliphatic carbocycles. The number of hydrogen-bond acceptors (Lipinski definition) is 7. The summed E-state index contributed by atoms with van der Waals surface area (Å²) < 4.78 is 29.1. The van der Waals surface area contributed by atoms with Crippen LogP contribution in [0.5, 0.6) is 0 Å². The van der Waals surface area contributed by atoms with Crippen molar-refractivity contribution < 1.29 is 13.6 Å². The molecule has 0 unspecified atom stereocenters. The molecule has 4 aromatic rings. The third-order valence-electron chi connectivity index (χ3n) is 4.78. The van der Waals surface area contributed by atoms with Crippen LogP contribution in [0.15, 0.2) is 67.5 Å². The van der Waals surface area contributed by atoms with Crippen LogP contribution >= 0.6 is 0 Å². The molecule has 3 heterocycles. The minimum absolute atomic E-state index is 0.327. The van der Waals surface area contributed by atoms with Crippen LogP contribution in [0.25, 0.3) is 22.5 Å². The predicted octanol–water partition coefficient (Wildman–Crippen LogP) is 3.73. The number of aromatic nitrogens is 5. The molecular weight excluding hydrogens is 440 g/mol. The lowest BCUT2D eigenvalue weighted by Crippen LogP contribution is -2.07. The largest absolute Gasteiger partial charge is 0.383 e. The fourth-order valence-corrected chi connectivity index (χ4v) is 3.34. The number of imidazole rings is 1. The maximum Gasteiger partial charge on any atom is 0.180 e. The number of benzene rings is 1. The number of halogens is 2. The van der Waals surface area contributed by atoms with E-state index in [1.807, 2.05) is 25.2 Å². The summed E-state index contributed by atoms with van der Waals surface area (Å²) in [6, 6.07) is 3.33. The molecule has 3 aromatic heterocycles. The Hall–Kier alpha value is -4.47. The van der Waals surface area contributed by atoms with Gasteiger partial charge in [-0.1, -0.05) is 0 Å².